The molecule has 18 heavy (non-hydrogen) atoms. The molecule has 0 aliphatic rings. The molecule has 0 aliphatic carbocycles. The summed E-state index contributed by atoms with van der Waals surface area (Å²) >= 11 is 6.89. The lowest BCUT2D eigenvalue weighted by Gasteiger charge is -2.24. The first-order valence-corrected chi connectivity index (χ1v) is 7.35. The monoisotopic (exact) mass is 377 g/mol. The SMILES string of the molecule is CC(NC(C(=O)O)C(C)C)c1ccc(Br)cc1Br. The highest BCUT2D eigenvalue weighted by Crippen LogP contribution is 2.27. The molecular weight excluding hydrogens is 362 g/mol. The molecule has 2 unspecified atom stereocenters. The molecule has 0 radical (unpaired) electrons. The molecular formula is C13H17Br2NO2. The summed E-state index contributed by atoms with van der Waals surface area (Å²) in [6.07, 6.45) is 0. The highest BCUT2D eigenvalue weighted by Gasteiger charge is 2.24. The van der Waals surface area contributed by atoms with Gasteiger partial charge in [-0.05, 0) is 30.5 Å². The zero-order valence-corrected chi connectivity index (χ0v) is 13.7. The fraction of sp³-hybridized carbons (Fsp3) is 0.462. The number of benzene rings is 1. The Bertz CT molecular complexity index is 435. The van der Waals surface area contributed by atoms with Crippen molar-refractivity contribution in [2.24, 2.45) is 5.92 Å². The van der Waals surface area contributed by atoms with Gasteiger partial charge in [0.15, 0.2) is 0 Å². The summed E-state index contributed by atoms with van der Waals surface area (Å²) in [5, 5.41) is 12.3. The van der Waals surface area contributed by atoms with Crippen LogP contribution in [-0.2, 0) is 4.79 Å². The lowest BCUT2D eigenvalue weighted by molar-refractivity contribution is -0.140. The van der Waals surface area contributed by atoms with E-state index in [0.29, 0.717) is 0 Å². The standard InChI is InChI=1S/C13H17Br2NO2/c1-7(2)12(13(17)18)16-8(3)10-5-4-9(14)6-11(10)15/h4-8,12,16H,1-3H3,(H,17,18). The van der Waals surface area contributed by atoms with Gasteiger partial charge in [-0.15, -0.1) is 0 Å². The van der Waals surface area contributed by atoms with Gasteiger partial charge in [-0.2, -0.15) is 0 Å². The summed E-state index contributed by atoms with van der Waals surface area (Å²) in [4.78, 5) is 11.2. The number of nitrogens with one attached hydrogen (secondary N) is 1. The van der Waals surface area contributed by atoms with Crippen LogP contribution in [0.5, 0.6) is 0 Å². The average Bonchev–Trinajstić information content (AvgIpc) is 2.24. The summed E-state index contributed by atoms with van der Waals surface area (Å²) in [7, 11) is 0. The Hall–Kier alpha value is -0.390. The smallest absolute Gasteiger partial charge is 0.320 e. The van der Waals surface area contributed by atoms with Crippen LogP contribution in [0.2, 0.25) is 0 Å². The summed E-state index contributed by atoms with van der Waals surface area (Å²) in [6.45, 7) is 5.76. The third-order valence-corrected chi connectivity index (χ3v) is 3.97. The molecule has 0 fully saturated rings. The van der Waals surface area contributed by atoms with Gasteiger partial charge < -0.3 is 5.11 Å². The number of hydrogen-bond acceptors (Lipinski definition) is 2. The third kappa shape index (κ3) is 4.07. The molecule has 0 heterocycles. The van der Waals surface area contributed by atoms with E-state index in [1.165, 1.54) is 0 Å². The highest BCUT2D eigenvalue weighted by molar-refractivity contribution is 9.11. The van der Waals surface area contributed by atoms with Crippen molar-refractivity contribution in [2.75, 3.05) is 0 Å². The van der Waals surface area contributed by atoms with Crippen LogP contribution in [0.15, 0.2) is 27.1 Å². The minimum absolute atomic E-state index is 0.0315. The second kappa shape index (κ2) is 6.68. The third-order valence-electron chi connectivity index (χ3n) is 2.79. The number of aliphatic carboxylic acids is 1. The summed E-state index contributed by atoms with van der Waals surface area (Å²) in [5.41, 5.74) is 1.05. The molecule has 0 aromatic heterocycles. The van der Waals surface area contributed by atoms with Crippen LogP contribution in [0, 0.1) is 5.92 Å². The van der Waals surface area contributed by atoms with Crippen LogP contribution >= 0.6 is 31.9 Å². The van der Waals surface area contributed by atoms with Crippen LogP contribution in [-0.4, -0.2) is 17.1 Å². The van der Waals surface area contributed by atoms with Crippen LogP contribution in [0.1, 0.15) is 32.4 Å². The molecule has 0 bridgehead atoms. The van der Waals surface area contributed by atoms with Gasteiger partial charge in [-0.25, -0.2) is 0 Å². The first kappa shape index (κ1) is 15.7. The number of halogens is 2. The first-order chi connectivity index (χ1) is 8.32. The largest absolute Gasteiger partial charge is 0.480 e. The Morgan fingerprint density at radius 3 is 2.33 bits per heavy atom. The molecule has 0 saturated heterocycles. The van der Waals surface area contributed by atoms with E-state index in [1.807, 2.05) is 39.0 Å². The van der Waals surface area contributed by atoms with Crippen molar-refractivity contribution < 1.29 is 9.90 Å². The zero-order chi connectivity index (χ0) is 13.9. The van der Waals surface area contributed by atoms with Crippen molar-refractivity contribution in [1.82, 2.24) is 5.32 Å². The molecule has 1 aromatic carbocycles. The first-order valence-electron chi connectivity index (χ1n) is 5.76. The van der Waals surface area contributed by atoms with Gasteiger partial charge in [0.25, 0.3) is 0 Å². The van der Waals surface area contributed by atoms with Crippen molar-refractivity contribution in [3.63, 3.8) is 0 Å². The molecule has 2 N–H and O–H groups in total. The fourth-order valence-electron chi connectivity index (χ4n) is 1.76. The van der Waals surface area contributed by atoms with Crippen molar-refractivity contribution >= 4 is 37.8 Å². The van der Waals surface area contributed by atoms with Gasteiger partial charge in [0, 0.05) is 15.0 Å². The molecule has 5 heteroatoms. The van der Waals surface area contributed by atoms with E-state index in [9.17, 15) is 9.90 Å². The Morgan fingerprint density at radius 2 is 1.89 bits per heavy atom. The van der Waals surface area contributed by atoms with E-state index >= 15 is 0 Å². The minimum Gasteiger partial charge on any atom is -0.480 e. The van der Waals surface area contributed by atoms with E-state index in [-0.39, 0.29) is 12.0 Å². The van der Waals surface area contributed by atoms with Crippen molar-refractivity contribution in [2.45, 2.75) is 32.9 Å². The van der Waals surface area contributed by atoms with E-state index in [1.54, 1.807) is 0 Å². The second-order valence-electron chi connectivity index (χ2n) is 4.61. The van der Waals surface area contributed by atoms with Crippen molar-refractivity contribution in [3.8, 4) is 0 Å². The van der Waals surface area contributed by atoms with E-state index in [0.717, 1.165) is 14.5 Å². The number of carboxylic acids is 1. The Balaban J connectivity index is 2.87. The van der Waals surface area contributed by atoms with Crippen LogP contribution in [0.25, 0.3) is 0 Å². The Kier molecular flexibility index (Phi) is 5.82. The molecule has 3 nitrogen and oxygen atoms in total. The minimum atomic E-state index is -0.815. The maximum Gasteiger partial charge on any atom is 0.320 e. The van der Waals surface area contributed by atoms with Gasteiger partial charge >= 0.3 is 5.97 Å². The number of carbonyl (C=O) groups is 1. The highest BCUT2D eigenvalue weighted by atomic mass is 79.9. The molecule has 0 amide bonds. The molecule has 0 saturated carbocycles. The number of carboxylic acid groups (broad SMARTS) is 1. The van der Waals surface area contributed by atoms with Gasteiger partial charge in [0.2, 0.25) is 0 Å². The zero-order valence-electron chi connectivity index (χ0n) is 10.6. The van der Waals surface area contributed by atoms with Gasteiger partial charge in [-0.3, -0.25) is 10.1 Å². The topological polar surface area (TPSA) is 49.3 Å². The van der Waals surface area contributed by atoms with Gasteiger partial charge in [0.05, 0.1) is 0 Å². The Morgan fingerprint density at radius 1 is 1.28 bits per heavy atom. The van der Waals surface area contributed by atoms with Gasteiger partial charge in [-0.1, -0.05) is 51.8 Å². The average molecular weight is 379 g/mol. The quantitative estimate of drug-likeness (QED) is 0.814. The predicted octanol–water partition coefficient (Wildman–Crippen LogP) is 3.97. The maximum absolute atomic E-state index is 11.2. The maximum atomic E-state index is 11.2. The number of rotatable bonds is 5. The van der Waals surface area contributed by atoms with Crippen LogP contribution < -0.4 is 5.32 Å². The van der Waals surface area contributed by atoms with E-state index in [4.69, 9.17) is 0 Å². The fourth-order valence-corrected chi connectivity index (χ4v) is 3.15. The number of hydrogen-bond donors (Lipinski definition) is 2. The summed E-state index contributed by atoms with van der Waals surface area (Å²) in [6, 6.07) is 5.30. The van der Waals surface area contributed by atoms with Crippen LogP contribution in [0.4, 0.5) is 0 Å². The normalized spacial score (nSPS) is 14.6. The second-order valence-corrected chi connectivity index (χ2v) is 6.38. The molecule has 0 spiro atoms. The van der Waals surface area contributed by atoms with Crippen molar-refractivity contribution in [3.05, 3.63) is 32.7 Å². The van der Waals surface area contributed by atoms with E-state index in [2.05, 4.69) is 37.2 Å². The molecule has 100 valence electrons. The lowest BCUT2D eigenvalue weighted by Crippen LogP contribution is -2.42. The van der Waals surface area contributed by atoms with Crippen molar-refractivity contribution in [1.29, 1.82) is 0 Å². The summed E-state index contributed by atoms with van der Waals surface area (Å²) in [5.74, 6) is -0.774. The molecule has 1 rings (SSSR count). The van der Waals surface area contributed by atoms with Gasteiger partial charge in [0.1, 0.15) is 6.04 Å². The molecule has 2 atom stereocenters. The Labute approximate surface area is 124 Å². The van der Waals surface area contributed by atoms with Crippen LogP contribution in [0.3, 0.4) is 0 Å². The van der Waals surface area contributed by atoms with E-state index < -0.39 is 12.0 Å². The molecule has 1 aromatic rings. The molecule has 0 aliphatic heterocycles. The summed E-state index contributed by atoms with van der Waals surface area (Å²) < 4.78 is 1.95. The predicted molar refractivity (Wildman–Crippen MR) is 79.7 cm³/mol. The lowest BCUT2D eigenvalue weighted by atomic mass is 10.0.